The fourth-order valence-corrected chi connectivity index (χ4v) is 2.97. The van der Waals surface area contributed by atoms with E-state index in [0.717, 1.165) is 6.07 Å². The van der Waals surface area contributed by atoms with Gasteiger partial charge in [0.05, 0.1) is 17.1 Å². The van der Waals surface area contributed by atoms with Crippen LogP contribution in [-0.2, 0) is 10.0 Å². The van der Waals surface area contributed by atoms with Crippen LogP contribution in [-0.4, -0.2) is 18.6 Å². The van der Waals surface area contributed by atoms with Crippen LogP contribution < -0.4 is 10.5 Å². The van der Waals surface area contributed by atoms with Gasteiger partial charge >= 0.3 is 0 Å². The fourth-order valence-electron chi connectivity index (χ4n) is 1.67. The second-order valence-corrected chi connectivity index (χ2v) is 5.88. The Kier molecular flexibility index (Phi) is 3.38. The number of halogens is 2. The summed E-state index contributed by atoms with van der Waals surface area (Å²) in [6.07, 6.45) is 0. The maximum atomic E-state index is 13.6. The number of aromatic nitrogens is 2. The lowest BCUT2D eigenvalue weighted by atomic mass is 10.3. The van der Waals surface area contributed by atoms with E-state index < -0.39 is 26.6 Å². The molecule has 9 heteroatoms. The van der Waals surface area contributed by atoms with Gasteiger partial charge in [0.25, 0.3) is 10.0 Å². The summed E-state index contributed by atoms with van der Waals surface area (Å²) in [5, 5.41) is 6.39. The molecule has 0 saturated carbocycles. The Morgan fingerprint density at radius 1 is 1.30 bits per heavy atom. The number of aromatic amines is 1. The summed E-state index contributed by atoms with van der Waals surface area (Å²) in [6.45, 7) is 3.16. The molecule has 0 atom stereocenters. The average Bonchev–Trinajstić information content (AvgIpc) is 2.65. The zero-order valence-electron chi connectivity index (χ0n) is 10.7. The molecule has 0 aliphatic heterocycles. The Morgan fingerprint density at radius 2 is 1.95 bits per heavy atom. The van der Waals surface area contributed by atoms with Crippen molar-refractivity contribution >= 4 is 21.4 Å². The van der Waals surface area contributed by atoms with Crippen molar-refractivity contribution in [1.82, 2.24) is 10.2 Å². The lowest BCUT2D eigenvalue weighted by Gasteiger charge is -2.10. The minimum absolute atomic E-state index is 0.187. The van der Waals surface area contributed by atoms with Crippen LogP contribution in [0.2, 0.25) is 0 Å². The third kappa shape index (κ3) is 2.44. The standard InChI is InChI=1S/C11H12F2N4O2S/c1-5-11(6(2)16-15-5)17-20(18,19)9-4-7(14)3-8(12)10(9)13/h3-4,17H,14H2,1-2H3,(H,15,16). The highest BCUT2D eigenvalue weighted by atomic mass is 32.2. The number of nitrogen functional groups attached to an aromatic ring is 1. The van der Waals surface area contributed by atoms with E-state index in [9.17, 15) is 17.2 Å². The molecule has 20 heavy (non-hydrogen) atoms. The molecule has 0 unspecified atom stereocenters. The molecule has 1 aromatic heterocycles. The molecule has 0 amide bonds. The molecule has 0 fully saturated rings. The van der Waals surface area contributed by atoms with Gasteiger partial charge in [-0.2, -0.15) is 5.10 Å². The van der Waals surface area contributed by atoms with Crippen LogP contribution in [0.4, 0.5) is 20.2 Å². The first-order valence-electron chi connectivity index (χ1n) is 5.51. The van der Waals surface area contributed by atoms with Crippen LogP contribution >= 0.6 is 0 Å². The van der Waals surface area contributed by atoms with Gasteiger partial charge in [-0.1, -0.05) is 0 Å². The quantitative estimate of drug-likeness (QED) is 0.751. The van der Waals surface area contributed by atoms with Gasteiger partial charge in [-0.05, 0) is 26.0 Å². The van der Waals surface area contributed by atoms with Crippen LogP contribution in [0.25, 0.3) is 0 Å². The third-order valence-corrected chi connectivity index (χ3v) is 4.02. The number of H-pyrrole nitrogens is 1. The van der Waals surface area contributed by atoms with Crippen molar-refractivity contribution in [3.63, 3.8) is 0 Å². The van der Waals surface area contributed by atoms with E-state index in [0.29, 0.717) is 17.5 Å². The first kappa shape index (κ1) is 14.3. The largest absolute Gasteiger partial charge is 0.399 e. The number of rotatable bonds is 3. The first-order valence-corrected chi connectivity index (χ1v) is 6.99. The van der Waals surface area contributed by atoms with E-state index in [1.54, 1.807) is 13.8 Å². The van der Waals surface area contributed by atoms with E-state index in [4.69, 9.17) is 5.73 Å². The summed E-state index contributed by atoms with van der Waals surface area (Å²) >= 11 is 0. The molecule has 2 aromatic rings. The Balaban J connectivity index is 2.52. The Bertz CT molecular complexity index is 751. The van der Waals surface area contributed by atoms with Crippen molar-refractivity contribution < 1.29 is 17.2 Å². The minimum atomic E-state index is -4.31. The first-order chi connectivity index (χ1) is 9.22. The zero-order valence-corrected chi connectivity index (χ0v) is 11.5. The van der Waals surface area contributed by atoms with Crippen molar-refractivity contribution in [3.05, 3.63) is 35.2 Å². The monoisotopic (exact) mass is 302 g/mol. The molecular weight excluding hydrogens is 290 g/mol. The summed E-state index contributed by atoms with van der Waals surface area (Å²) in [5.41, 5.74) is 6.18. The summed E-state index contributed by atoms with van der Waals surface area (Å²) in [7, 11) is -4.31. The van der Waals surface area contributed by atoms with E-state index in [1.165, 1.54) is 0 Å². The number of nitrogens with zero attached hydrogens (tertiary/aromatic N) is 1. The molecule has 1 heterocycles. The summed E-state index contributed by atoms with van der Waals surface area (Å²) in [5.74, 6) is -2.81. The molecule has 1 aromatic carbocycles. The summed E-state index contributed by atoms with van der Waals surface area (Å²) in [4.78, 5) is -0.852. The SMILES string of the molecule is Cc1n[nH]c(C)c1NS(=O)(=O)c1cc(N)cc(F)c1F. The molecule has 0 bridgehead atoms. The van der Waals surface area contributed by atoms with Gasteiger partial charge in [-0.3, -0.25) is 9.82 Å². The maximum Gasteiger partial charge on any atom is 0.265 e. The van der Waals surface area contributed by atoms with E-state index >= 15 is 0 Å². The number of nitrogens with one attached hydrogen (secondary N) is 2. The van der Waals surface area contributed by atoms with E-state index in [2.05, 4.69) is 14.9 Å². The van der Waals surface area contributed by atoms with Gasteiger partial charge in [-0.25, -0.2) is 17.2 Å². The number of nitrogens with two attached hydrogens (primary N) is 1. The molecular formula is C11H12F2N4O2S. The van der Waals surface area contributed by atoms with Crippen molar-refractivity contribution in [2.75, 3.05) is 10.5 Å². The minimum Gasteiger partial charge on any atom is -0.399 e. The van der Waals surface area contributed by atoms with Gasteiger partial charge in [0.1, 0.15) is 4.90 Å². The molecule has 0 radical (unpaired) electrons. The van der Waals surface area contributed by atoms with E-state index in [1.807, 2.05) is 0 Å². The summed E-state index contributed by atoms with van der Waals surface area (Å²) < 4.78 is 53.3. The van der Waals surface area contributed by atoms with Crippen LogP contribution in [0.5, 0.6) is 0 Å². The predicted molar refractivity (Wildman–Crippen MR) is 69.6 cm³/mol. The molecule has 0 spiro atoms. The lowest BCUT2D eigenvalue weighted by Crippen LogP contribution is -2.16. The highest BCUT2D eigenvalue weighted by Gasteiger charge is 2.24. The highest BCUT2D eigenvalue weighted by Crippen LogP contribution is 2.25. The number of anilines is 2. The van der Waals surface area contributed by atoms with Gasteiger partial charge < -0.3 is 5.73 Å². The second-order valence-electron chi connectivity index (χ2n) is 4.23. The number of sulfonamides is 1. The Morgan fingerprint density at radius 3 is 2.50 bits per heavy atom. The van der Waals surface area contributed by atoms with Crippen LogP contribution in [0.1, 0.15) is 11.4 Å². The summed E-state index contributed by atoms with van der Waals surface area (Å²) in [6, 6.07) is 1.56. The molecule has 4 N–H and O–H groups in total. The fraction of sp³-hybridized carbons (Fsp3) is 0.182. The molecule has 2 rings (SSSR count). The Labute approximate surface area is 114 Å². The van der Waals surface area contributed by atoms with Crippen molar-refractivity contribution in [3.8, 4) is 0 Å². The van der Waals surface area contributed by atoms with Crippen LogP contribution in [0.3, 0.4) is 0 Å². The average molecular weight is 302 g/mol. The van der Waals surface area contributed by atoms with Crippen molar-refractivity contribution in [2.24, 2.45) is 0 Å². The highest BCUT2D eigenvalue weighted by molar-refractivity contribution is 7.92. The van der Waals surface area contributed by atoms with Gasteiger partial charge in [0, 0.05) is 5.69 Å². The van der Waals surface area contributed by atoms with Crippen molar-refractivity contribution in [2.45, 2.75) is 18.7 Å². The molecule has 6 nitrogen and oxygen atoms in total. The normalized spacial score (nSPS) is 11.6. The molecule has 0 aliphatic carbocycles. The molecule has 0 saturated heterocycles. The molecule has 108 valence electrons. The Hall–Kier alpha value is -2.16. The second kappa shape index (κ2) is 4.75. The number of hydrogen-bond acceptors (Lipinski definition) is 4. The predicted octanol–water partition coefficient (Wildman–Crippen LogP) is 1.69. The maximum absolute atomic E-state index is 13.6. The van der Waals surface area contributed by atoms with Gasteiger partial charge in [0.15, 0.2) is 11.6 Å². The van der Waals surface area contributed by atoms with Crippen molar-refractivity contribution in [1.29, 1.82) is 0 Å². The van der Waals surface area contributed by atoms with E-state index in [-0.39, 0.29) is 11.4 Å². The zero-order chi connectivity index (χ0) is 15.1. The molecule has 0 aliphatic rings. The smallest absolute Gasteiger partial charge is 0.265 e. The number of benzene rings is 1. The third-order valence-electron chi connectivity index (χ3n) is 2.67. The van der Waals surface area contributed by atoms with Crippen LogP contribution in [0.15, 0.2) is 17.0 Å². The van der Waals surface area contributed by atoms with Crippen LogP contribution in [0, 0.1) is 25.5 Å². The van der Waals surface area contributed by atoms with Gasteiger partial charge in [0.2, 0.25) is 0 Å². The number of aryl methyl sites for hydroxylation is 2. The lowest BCUT2D eigenvalue weighted by molar-refractivity contribution is 0.486. The topological polar surface area (TPSA) is 101 Å². The number of hydrogen-bond donors (Lipinski definition) is 3. The van der Waals surface area contributed by atoms with Gasteiger partial charge in [-0.15, -0.1) is 0 Å².